The molecule has 0 fully saturated rings. The molecule has 0 spiro atoms. The van der Waals surface area contributed by atoms with Gasteiger partial charge in [-0.25, -0.2) is 17.4 Å². The number of anilines is 1. The molecule has 0 atom stereocenters. The van der Waals surface area contributed by atoms with E-state index in [-0.39, 0.29) is 21.7 Å². The van der Waals surface area contributed by atoms with Crippen molar-refractivity contribution >= 4 is 44.4 Å². The number of aryl methyl sites for hydroxylation is 2. The summed E-state index contributed by atoms with van der Waals surface area (Å²) in [5, 5.41) is 3.06. The summed E-state index contributed by atoms with van der Waals surface area (Å²) < 4.78 is 28.4. The van der Waals surface area contributed by atoms with Crippen LogP contribution in [0, 0.1) is 13.8 Å². The van der Waals surface area contributed by atoms with Gasteiger partial charge < -0.3 is 5.32 Å². The van der Waals surface area contributed by atoms with Crippen LogP contribution in [0.1, 0.15) is 11.1 Å². The number of para-hydroxylation sites is 3. The van der Waals surface area contributed by atoms with Crippen LogP contribution >= 0.6 is 11.8 Å². The first-order valence-electron chi connectivity index (χ1n) is 9.64. The molecule has 0 saturated carbocycles. The number of thioether (sulfide) groups is 1. The van der Waals surface area contributed by atoms with Crippen molar-refractivity contribution in [3.05, 3.63) is 83.9 Å². The van der Waals surface area contributed by atoms with Gasteiger partial charge in [0.1, 0.15) is 0 Å². The molecule has 3 aromatic carbocycles. The van der Waals surface area contributed by atoms with Crippen LogP contribution in [0.25, 0.3) is 11.0 Å². The minimum absolute atomic E-state index is 0.0284. The predicted octanol–water partition coefficient (Wildman–Crippen LogP) is 4.62. The van der Waals surface area contributed by atoms with Gasteiger partial charge in [0, 0.05) is 5.69 Å². The Hall–Kier alpha value is -3.10. The molecule has 1 aromatic heterocycles. The lowest BCUT2D eigenvalue weighted by atomic mass is 10.2. The van der Waals surface area contributed by atoms with E-state index in [2.05, 4.69) is 10.3 Å². The zero-order valence-corrected chi connectivity index (χ0v) is 18.7. The SMILES string of the molecule is Cc1cc(C)cc(S(=O)(=O)n2c(SCC(=O)Nc3ccccc3)nc3ccccc32)c1. The van der Waals surface area contributed by atoms with Crippen molar-refractivity contribution in [1.29, 1.82) is 0 Å². The standard InChI is InChI=1S/C23H21N3O3S2/c1-16-12-17(2)14-19(13-16)31(28,29)26-21-11-7-6-10-20(21)25-23(26)30-15-22(27)24-18-8-4-3-5-9-18/h3-14H,15H2,1-2H3,(H,24,27). The lowest BCUT2D eigenvalue weighted by molar-refractivity contribution is -0.113. The summed E-state index contributed by atoms with van der Waals surface area (Å²) >= 11 is 1.09. The third-order valence-electron chi connectivity index (χ3n) is 4.61. The van der Waals surface area contributed by atoms with Crippen LogP contribution in [0.5, 0.6) is 0 Å². The number of aromatic nitrogens is 2. The van der Waals surface area contributed by atoms with E-state index in [0.29, 0.717) is 16.7 Å². The van der Waals surface area contributed by atoms with Gasteiger partial charge in [0.25, 0.3) is 10.0 Å². The Morgan fingerprint density at radius 2 is 1.61 bits per heavy atom. The zero-order chi connectivity index (χ0) is 22.0. The fourth-order valence-corrected chi connectivity index (χ4v) is 6.04. The summed E-state index contributed by atoms with van der Waals surface area (Å²) in [4.78, 5) is 17.1. The molecule has 6 nitrogen and oxygen atoms in total. The molecule has 1 N–H and O–H groups in total. The van der Waals surface area contributed by atoms with Crippen LogP contribution in [0.3, 0.4) is 0 Å². The van der Waals surface area contributed by atoms with Crippen LogP contribution in [-0.4, -0.2) is 29.0 Å². The normalized spacial score (nSPS) is 11.5. The van der Waals surface area contributed by atoms with Gasteiger partial charge in [0.05, 0.1) is 21.7 Å². The van der Waals surface area contributed by atoms with Crippen LogP contribution in [0.15, 0.2) is 82.8 Å². The Labute approximate surface area is 185 Å². The maximum Gasteiger partial charge on any atom is 0.270 e. The van der Waals surface area contributed by atoms with Crippen LogP contribution in [-0.2, 0) is 14.8 Å². The minimum atomic E-state index is -3.90. The van der Waals surface area contributed by atoms with Gasteiger partial charge in [-0.3, -0.25) is 4.79 Å². The first-order valence-corrected chi connectivity index (χ1v) is 12.1. The van der Waals surface area contributed by atoms with E-state index < -0.39 is 10.0 Å². The number of nitrogens with one attached hydrogen (secondary N) is 1. The van der Waals surface area contributed by atoms with E-state index in [1.54, 1.807) is 48.5 Å². The Balaban J connectivity index is 1.70. The van der Waals surface area contributed by atoms with E-state index in [9.17, 15) is 13.2 Å². The van der Waals surface area contributed by atoms with E-state index in [1.165, 1.54) is 3.97 Å². The average Bonchev–Trinajstić information content (AvgIpc) is 3.11. The van der Waals surface area contributed by atoms with Crippen LogP contribution in [0.2, 0.25) is 0 Å². The summed E-state index contributed by atoms with van der Waals surface area (Å²) in [5.41, 5.74) is 3.44. The first-order chi connectivity index (χ1) is 14.8. The van der Waals surface area contributed by atoms with Crippen molar-refractivity contribution < 1.29 is 13.2 Å². The van der Waals surface area contributed by atoms with Crippen LogP contribution in [0.4, 0.5) is 5.69 Å². The highest BCUT2D eigenvalue weighted by Gasteiger charge is 2.25. The summed E-state index contributed by atoms with van der Waals surface area (Å²) in [6.45, 7) is 3.73. The fourth-order valence-electron chi connectivity index (χ4n) is 3.34. The van der Waals surface area contributed by atoms with Crippen molar-refractivity contribution in [2.24, 2.45) is 0 Å². The van der Waals surface area contributed by atoms with Gasteiger partial charge in [0.2, 0.25) is 5.91 Å². The molecule has 1 heterocycles. The van der Waals surface area contributed by atoms with Crippen LogP contribution < -0.4 is 5.32 Å². The second-order valence-electron chi connectivity index (χ2n) is 7.18. The number of carbonyl (C=O) groups is 1. The number of nitrogens with zero attached hydrogens (tertiary/aromatic N) is 2. The third kappa shape index (κ3) is 4.50. The molecule has 31 heavy (non-hydrogen) atoms. The number of hydrogen-bond acceptors (Lipinski definition) is 5. The second-order valence-corrected chi connectivity index (χ2v) is 9.91. The van der Waals surface area contributed by atoms with E-state index in [0.717, 1.165) is 22.9 Å². The van der Waals surface area contributed by atoms with Gasteiger partial charge in [-0.2, -0.15) is 0 Å². The van der Waals surface area contributed by atoms with Gasteiger partial charge in [0.15, 0.2) is 5.16 Å². The minimum Gasteiger partial charge on any atom is -0.325 e. The number of rotatable bonds is 6. The predicted molar refractivity (Wildman–Crippen MR) is 124 cm³/mol. The van der Waals surface area contributed by atoms with Crippen molar-refractivity contribution in [2.75, 3.05) is 11.1 Å². The van der Waals surface area contributed by atoms with E-state index >= 15 is 0 Å². The summed E-state index contributed by atoms with van der Waals surface area (Å²) in [6.07, 6.45) is 0. The molecule has 4 aromatic rings. The number of fused-ring (bicyclic) bond motifs is 1. The van der Waals surface area contributed by atoms with E-state index in [4.69, 9.17) is 0 Å². The maximum atomic E-state index is 13.6. The van der Waals surface area contributed by atoms with E-state index in [1.807, 2.05) is 38.1 Å². The Kier molecular flexibility index (Phi) is 5.84. The number of carbonyl (C=O) groups excluding carboxylic acids is 1. The quantitative estimate of drug-likeness (QED) is 0.433. The lowest BCUT2D eigenvalue weighted by Gasteiger charge is -2.12. The Bertz CT molecular complexity index is 1340. The highest BCUT2D eigenvalue weighted by molar-refractivity contribution is 8.00. The second kappa shape index (κ2) is 8.56. The summed E-state index contributed by atoms with van der Waals surface area (Å²) in [5.74, 6) is -0.209. The first kappa shape index (κ1) is 21.1. The third-order valence-corrected chi connectivity index (χ3v) is 7.35. The van der Waals surface area contributed by atoms with Crippen molar-refractivity contribution in [3.8, 4) is 0 Å². The molecule has 0 aliphatic carbocycles. The monoisotopic (exact) mass is 451 g/mol. The average molecular weight is 452 g/mol. The number of amides is 1. The van der Waals surface area contributed by atoms with Gasteiger partial charge in [-0.15, -0.1) is 0 Å². The Morgan fingerprint density at radius 1 is 0.968 bits per heavy atom. The number of imidazole rings is 1. The van der Waals surface area contributed by atoms with Gasteiger partial charge in [-0.1, -0.05) is 48.2 Å². The topological polar surface area (TPSA) is 81.1 Å². The largest absolute Gasteiger partial charge is 0.325 e. The molecule has 0 aliphatic rings. The molecule has 158 valence electrons. The zero-order valence-electron chi connectivity index (χ0n) is 17.1. The summed E-state index contributed by atoms with van der Waals surface area (Å²) in [7, 11) is -3.90. The molecular formula is C23H21N3O3S2. The number of benzene rings is 3. The molecule has 0 aliphatic heterocycles. The van der Waals surface area contributed by atoms with Gasteiger partial charge >= 0.3 is 0 Å². The van der Waals surface area contributed by atoms with Gasteiger partial charge in [-0.05, 0) is 61.4 Å². The smallest absolute Gasteiger partial charge is 0.270 e. The highest BCUT2D eigenvalue weighted by Crippen LogP contribution is 2.29. The maximum absolute atomic E-state index is 13.6. The molecule has 0 unspecified atom stereocenters. The highest BCUT2D eigenvalue weighted by atomic mass is 32.2. The molecule has 0 bridgehead atoms. The molecule has 0 radical (unpaired) electrons. The summed E-state index contributed by atoms with van der Waals surface area (Å²) in [6, 6.07) is 21.4. The van der Waals surface area contributed by atoms with Crippen molar-refractivity contribution in [3.63, 3.8) is 0 Å². The van der Waals surface area contributed by atoms with Crippen molar-refractivity contribution in [1.82, 2.24) is 8.96 Å². The lowest BCUT2D eigenvalue weighted by Crippen LogP contribution is -2.17. The molecule has 4 rings (SSSR count). The molecular weight excluding hydrogens is 430 g/mol. The molecule has 1 amide bonds. The van der Waals surface area contributed by atoms with Crippen molar-refractivity contribution in [2.45, 2.75) is 23.9 Å². The fraction of sp³-hybridized carbons (Fsp3) is 0.130. The molecule has 8 heteroatoms. The number of hydrogen-bond donors (Lipinski definition) is 1. The molecule has 0 saturated heterocycles. The Morgan fingerprint density at radius 3 is 2.32 bits per heavy atom.